The van der Waals surface area contributed by atoms with Crippen LogP contribution in [0.2, 0.25) is 0 Å². The van der Waals surface area contributed by atoms with Crippen LogP contribution in [-0.2, 0) is 9.47 Å². The number of nitrogens with two attached hydrogens (primary N) is 1. The van der Waals surface area contributed by atoms with Crippen molar-refractivity contribution in [2.45, 2.75) is 31.9 Å². The molecule has 0 aromatic rings. The average molecular weight is 230 g/mol. The molecule has 0 heterocycles. The Morgan fingerprint density at radius 2 is 2.06 bits per heavy atom. The molecule has 0 saturated heterocycles. The van der Waals surface area contributed by atoms with Gasteiger partial charge in [-0.05, 0) is 25.7 Å². The topological polar surface area (TPSA) is 47.7 Å². The molecule has 0 spiro atoms. The Hall–Kier alpha value is -0.160. The summed E-state index contributed by atoms with van der Waals surface area (Å²) in [5, 5.41) is 0. The van der Waals surface area contributed by atoms with Gasteiger partial charge in [-0.2, -0.15) is 0 Å². The number of hydrogen-bond donors (Lipinski definition) is 1. The Bertz CT molecular complexity index is 182. The summed E-state index contributed by atoms with van der Waals surface area (Å²) in [6.45, 7) is 5.54. The van der Waals surface area contributed by atoms with Gasteiger partial charge >= 0.3 is 0 Å². The van der Waals surface area contributed by atoms with Crippen molar-refractivity contribution in [3.8, 4) is 0 Å². The first kappa shape index (κ1) is 13.9. The van der Waals surface area contributed by atoms with Crippen LogP contribution < -0.4 is 5.73 Å². The monoisotopic (exact) mass is 230 g/mol. The molecule has 0 aromatic heterocycles. The lowest BCUT2D eigenvalue weighted by Crippen LogP contribution is -2.44. The lowest BCUT2D eigenvalue weighted by molar-refractivity contribution is 0.0394. The van der Waals surface area contributed by atoms with Crippen LogP contribution in [0.25, 0.3) is 0 Å². The van der Waals surface area contributed by atoms with Gasteiger partial charge in [-0.25, -0.2) is 0 Å². The highest BCUT2D eigenvalue weighted by Gasteiger charge is 2.32. The van der Waals surface area contributed by atoms with Gasteiger partial charge in [-0.1, -0.05) is 0 Å². The predicted octanol–water partition coefficient (Wildman–Crippen LogP) is 0.707. The molecule has 2 atom stereocenters. The fourth-order valence-electron chi connectivity index (χ4n) is 2.05. The van der Waals surface area contributed by atoms with Gasteiger partial charge in [0.15, 0.2) is 0 Å². The summed E-state index contributed by atoms with van der Waals surface area (Å²) in [5.41, 5.74) is 5.67. The molecule has 96 valence electrons. The van der Waals surface area contributed by atoms with Crippen LogP contribution in [0.3, 0.4) is 0 Å². The van der Waals surface area contributed by atoms with Crippen LogP contribution in [-0.4, -0.2) is 57.5 Å². The minimum absolute atomic E-state index is 0.137. The predicted molar refractivity (Wildman–Crippen MR) is 65.5 cm³/mol. The largest absolute Gasteiger partial charge is 0.383 e. The third-order valence-corrected chi connectivity index (χ3v) is 3.50. The Balaban J connectivity index is 2.41. The average Bonchev–Trinajstić information content (AvgIpc) is 3.13. The van der Waals surface area contributed by atoms with Gasteiger partial charge in [-0.3, -0.25) is 4.90 Å². The zero-order chi connectivity index (χ0) is 12.0. The molecular formula is C12H26N2O2. The molecule has 0 radical (unpaired) electrons. The standard InChI is InChI=1S/C12H26N2O2/c1-10(11-4-5-11)14(6-7-15-2)9-12(8-13)16-3/h10-12H,4-9,13H2,1-3H3. The van der Waals surface area contributed by atoms with E-state index in [0.29, 0.717) is 12.6 Å². The molecule has 1 saturated carbocycles. The van der Waals surface area contributed by atoms with Crippen LogP contribution in [0.1, 0.15) is 19.8 Å². The van der Waals surface area contributed by atoms with Gasteiger partial charge in [0.2, 0.25) is 0 Å². The van der Waals surface area contributed by atoms with E-state index in [0.717, 1.165) is 25.6 Å². The van der Waals surface area contributed by atoms with Crippen molar-refractivity contribution in [1.82, 2.24) is 4.90 Å². The quantitative estimate of drug-likeness (QED) is 0.633. The number of methoxy groups -OCH3 is 2. The summed E-state index contributed by atoms with van der Waals surface area (Å²) in [7, 11) is 3.48. The van der Waals surface area contributed by atoms with Gasteiger partial charge in [0, 0.05) is 39.9 Å². The van der Waals surface area contributed by atoms with Crippen molar-refractivity contribution in [1.29, 1.82) is 0 Å². The number of nitrogens with zero attached hydrogens (tertiary/aromatic N) is 1. The normalized spacial score (nSPS) is 20.1. The van der Waals surface area contributed by atoms with Gasteiger partial charge in [-0.15, -0.1) is 0 Å². The molecule has 0 amide bonds. The van der Waals surface area contributed by atoms with Gasteiger partial charge < -0.3 is 15.2 Å². The third kappa shape index (κ3) is 4.37. The smallest absolute Gasteiger partial charge is 0.0820 e. The summed E-state index contributed by atoms with van der Waals surface area (Å²) in [4.78, 5) is 2.45. The maximum atomic E-state index is 5.67. The maximum Gasteiger partial charge on any atom is 0.0820 e. The first-order valence-electron chi connectivity index (χ1n) is 6.18. The summed E-state index contributed by atoms with van der Waals surface area (Å²) < 4.78 is 10.5. The zero-order valence-corrected chi connectivity index (χ0v) is 10.8. The zero-order valence-electron chi connectivity index (χ0n) is 10.8. The summed E-state index contributed by atoms with van der Waals surface area (Å²) in [5.74, 6) is 0.868. The summed E-state index contributed by atoms with van der Waals surface area (Å²) in [6.07, 6.45) is 2.87. The fourth-order valence-corrected chi connectivity index (χ4v) is 2.05. The summed E-state index contributed by atoms with van der Waals surface area (Å²) >= 11 is 0. The molecule has 1 fully saturated rings. The number of hydrogen-bond acceptors (Lipinski definition) is 4. The van der Waals surface area contributed by atoms with E-state index in [9.17, 15) is 0 Å². The second-order valence-electron chi connectivity index (χ2n) is 4.66. The van der Waals surface area contributed by atoms with E-state index in [1.165, 1.54) is 12.8 Å². The lowest BCUT2D eigenvalue weighted by Gasteiger charge is -2.31. The highest BCUT2D eigenvalue weighted by atomic mass is 16.5. The Labute approximate surface area is 99.1 Å². The molecule has 0 bridgehead atoms. The van der Waals surface area contributed by atoms with Crippen molar-refractivity contribution < 1.29 is 9.47 Å². The Kier molecular flexibility index (Phi) is 6.28. The van der Waals surface area contributed by atoms with Gasteiger partial charge in [0.05, 0.1) is 12.7 Å². The number of rotatable bonds is 9. The van der Waals surface area contributed by atoms with Crippen molar-refractivity contribution in [3.63, 3.8) is 0 Å². The van der Waals surface area contributed by atoms with E-state index >= 15 is 0 Å². The van der Waals surface area contributed by atoms with Crippen molar-refractivity contribution in [2.75, 3.05) is 40.5 Å². The van der Waals surface area contributed by atoms with E-state index in [2.05, 4.69) is 11.8 Å². The third-order valence-electron chi connectivity index (χ3n) is 3.50. The molecule has 2 unspecified atom stereocenters. The van der Waals surface area contributed by atoms with E-state index in [1.54, 1.807) is 14.2 Å². The van der Waals surface area contributed by atoms with Crippen LogP contribution in [0, 0.1) is 5.92 Å². The minimum Gasteiger partial charge on any atom is -0.383 e. The molecular weight excluding hydrogens is 204 g/mol. The van der Waals surface area contributed by atoms with E-state index in [4.69, 9.17) is 15.2 Å². The molecule has 1 aliphatic rings. The molecule has 16 heavy (non-hydrogen) atoms. The lowest BCUT2D eigenvalue weighted by atomic mass is 10.1. The van der Waals surface area contributed by atoms with Gasteiger partial charge in [0.25, 0.3) is 0 Å². The molecule has 2 N–H and O–H groups in total. The van der Waals surface area contributed by atoms with Crippen LogP contribution >= 0.6 is 0 Å². The fraction of sp³-hybridized carbons (Fsp3) is 1.00. The highest BCUT2D eigenvalue weighted by Crippen LogP contribution is 2.35. The van der Waals surface area contributed by atoms with E-state index in [-0.39, 0.29) is 6.10 Å². The van der Waals surface area contributed by atoms with Gasteiger partial charge in [0.1, 0.15) is 0 Å². The second kappa shape index (κ2) is 7.22. The van der Waals surface area contributed by atoms with Crippen molar-refractivity contribution >= 4 is 0 Å². The molecule has 4 nitrogen and oxygen atoms in total. The Morgan fingerprint density at radius 3 is 2.50 bits per heavy atom. The van der Waals surface area contributed by atoms with Crippen molar-refractivity contribution in [2.24, 2.45) is 11.7 Å². The first-order chi connectivity index (χ1) is 7.72. The Morgan fingerprint density at radius 1 is 1.38 bits per heavy atom. The molecule has 0 aromatic carbocycles. The molecule has 4 heteroatoms. The SMILES string of the molecule is COCCN(CC(CN)OC)C(C)C1CC1. The molecule has 1 rings (SSSR count). The second-order valence-corrected chi connectivity index (χ2v) is 4.66. The van der Waals surface area contributed by atoms with Crippen molar-refractivity contribution in [3.05, 3.63) is 0 Å². The number of ether oxygens (including phenoxy) is 2. The van der Waals surface area contributed by atoms with Crippen LogP contribution in [0.5, 0.6) is 0 Å². The highest BCUT2D eigenvalue weighted by molar-refractivity contribution is 4.86. The minimum atomic E-state index is 0.137. The van der Waals surface area contributed by atoms with E-state index < -0.39 is 0 Å². The van der Waals surface area contributed by atoms with Crippen LogP contribution in [0.4, 0.5) is 0 Å². The molecule has 0 aliphatic heterocycles. The summed E-state index contributed by atoms with van der Waals surface area (Å²) in [6, 6.07) is 0.624. The van der Waals surface area contributed by atoms with Crippen LogP contribution in [0.15, 0.2) is 0 Å². The van der Waals surface area contributed by atoms with E-state index in [1.807, 2.05) is 0 Å². The molecule has 1 aliphatic carbocycles. The maximum absolute atomic E-state index is 5.67. The first-order valence-corrected chi connectivity index (χ1v) is 6.18.